The molecule has 1 atom stereocenters. The van der Waals surface area contributed by atoms with Crippen LogP contribution in [0.5, 0.6) is 0 Å². The molecule has 1 unspecified atom stereocenters. The van der Waals surface area contributed by atoms with Crippen LogP contribution < -0.4 is 10.6 Å². The minimum atomic E-state index is -0.658. The number of likely N-dealkylation sites (tertiary alicyclic amines) is 1. The molecule has 0 saturated carbocycles. The van der Waals surface area contributed by atoms with E-state index in [2.05, 4.69) is 27.5 Å². The van der Waals surface area contributed by atoms with Gasteiger partial charge in [-0.2, -0.15) is 0 Å². The molecule has 0 aromatic carbocycles. The number of imidazole rings is 1. The number of amides is 3. The summed E-state index contributed by atoms with van der Waals surface area (Å²) < 4.78 is 8.41. The Kier molecular flexibility index (Phi) is 6.50. The summed E-state index contributed by atoms with van der Waals surface area (Å²) in [6.45, 7) is 4.69. The van der Waals surface area contributed by atoms with Crippen LogP contribution in [0.2, 0.25) is 0 Å². The average Bonchev–Trinajstić information content (AvgIpc) is 3.28. The number of urea groups is 1. The molecule has 1 saturated heterocycles. The van der Waals surface area contributed by atoms with Gasteiger partial charge in [0.05, 0.1) is 18.8 Å². The first-order valence-electron chi connectivity index (χ1n) is 11.0. The predicted molar refractivity (Wildman–Crippen MR) is 114 cm³/mol. The number of hydrogen-bond donors (Lipinski definition) is 2. The van der Waals surface area contributed by atoms with Gasteiger partial charge >= 0.3 is 6.03 Å². The minimum Gasteiger partial charge on any atom is -0.352 e. The van der Waals surface area contributed by atoms with Crippen molar-refractivity contribution in [3.8, 4) is 0 Å². The van der Waals surface area contributed by atoms with Crippen LogP contribution in [0, 0.1) is 0 Å². The van der Waals surface area contributed by atoms with Crippen molar-refractivity contribution in [3.63, 3.8) is 0 Å². The fourth-order valence-electron chi connectivity index (χ4n) is 4.22. The van der Waals surface area contributed by atoms with Gasteiger partial charge in [-0.25, -0.2) is 9.78 Å². The molecule has 1 fully saturated rings. The quantitative estimate of drug-likeness (QED) is 0.686. The molecular weight excluding hydrogens is 396 g/mol. The second kappa shape index (κ2) is 9.47. The lowest BCUT2D eigenvalue weighted by Gasteiger charge is -2.45. The standard InChI is InChI=1S/C22H30N6O3/c1-2-3-9-25-21(30)27-12-7-22(8-13-27)20-24-11-14-28(20)16-18(31-22)19(29)26-15-17-6-4-5-10-23-17/h4-6,10-11,14,18H,2-3,7-9,12-13,15-16H2,1H3,(H,25,30)(H,26,29). The Balaban J connectivity index is 1.40. The van der Waals surface area contributed by atoms with E-state index in [4.69, 9.17) is 4.74 Å². The second-order valence-corrected chi connectivity index (χ2v) is 8.12. The molecule has 9 heteroatoms. The van der Waals surface area contributed by atoms with Crippen molar-refractivity contribution in [2.75, 3.05) is 19.6 Å². The monoisotopic (exact) mass is 426 g/mol. The van der Waals surface area contributed by atoms with Crippen molar-refractivity contribution in [2.24, 2.45) is 0 Å². The topological polar surface area (TPSA) is 101 Å². The summed E-state index contributed by atoms with van der Waals surface area (Å²) in [5.74, 6) is 0.677. The lowest BCUT2D eigenvalue weighted by molar-refractivity contribution is -0.172. The zero-order valence-electron chi connectivity index (χ0n) is 17.9. The van der Waals surface area contributed by atoms with Gasteiger partial charge in [-0.15, -0.1) is 0 Å². The van der Waals surface area contributed by atoms with Crippen molar-refractivity contribution >= 4 is 11.9 Å². The van der Waals surface area contributed by atoms with Gasteiger partial charge in [0, 0.05) is 51.1 Å². The Morgan fingerprint density at radius 1 is 1.19 bits per heavy atom. The molecule has 0 radical (unpaired) electrons. The summed E-state index contributed by atoms with van der Waals surface area (Å²) in [6.07, 6.45) is 7.96. The molecule has 2 aliphatic heterocycles. The molecule has 31 heavy (non-hydrogen) atoms. The Labute approximate surface area is 182 Å². The molecule has 1 spiro atoms. The molecule has 4 heterocycles. The van der Waals surface area contributed by atoms with Crippen molar-refractivity contribution in [1.29, 1.82) is 0 Å². The number of aromatic nitrogens is 3. The van der Waals surface area contributed by atoms with E-state index in [-0.39, 0.29) is 11.9 Å². The summed E-state index contributed by atoms with van der Waals surface area (Å²) in [6, 6.07) is 5.58. The van der Waals surface area contributed by atoms with E-state index in [0.717, 1.165) is 24.4 Å². The summed E-state index contributed by atoms with van der Waals surface area (Å²) in [4.78, 5) is 35.9. The van der Waals surface area contributed by atoms with Gasteiger partial charge in [-0.05, 0) is 18.6 Å². The fraction of sp³-hybridized carbons (Fsp3) is 0.545. The smallest absolute Gasteiger partial charge is 0.317 e. The number of unbranched alkanes of at least 4 members (excludes halogenated alkanes) is 1. The molecule has 2 N–H and O–H groups in total. The molecule has 2 aromatic heterocycles. The van der Waals surface area contributed by atoms with E-state index in [0.29, 0.717) is 45.6 Å². The third-order valence-electron chi connectivity index (χ3n) is 5.98. The number of rotatable bonds is 6. The first kappa shape index (κ1) is 21.3. The van der Waals surface area contributed by atoms with Crippen LogP contribution in [0.1, 0.15) is 44.1 Å². The number of hydrogen-bond acceptors (Lipinski definition) is 5. The van der Waals surface area contributed by atoms with E-state index in [1.54, 1.807) is 12.4 Å². The Morgan fingerprint density at radius 2 is 2.03 bits per heavy atom. The van der Waals surface area contributed by atoms with E-state index in [9.17, 15) is 9.59 Å². The maximum Gasteiger partial charge on any atom is 0.317 e. The molecule has 2 aromatic rings. The zero-order valence-corrected chi connectivity index (χ0v) is 17.9. The van der Waals surface area contributed by atoms with Crippen molar-refractivity contribution in [1.82, 2.24) is 30.1 Å². The summed E-state index contributed by atoms with van der Waals surface area (Å²) in [5.41, 5.74) is 0.140. The molecule has 166 valence electrons. The molecular formula is C22H30N6O3. The van der Waals surface area contributed by atoms with E-state index >= 15 is 0 Å². The van der Waals surface area contributed by atoms with Gasteiger partial charge in [0.15, 0.2) is 6.10 Å². The van der Waals surface area contributed by atoms with Crippen LogP contribution in [0.3, 0.4) is 0 Å². The van der Waals surface area contributed by atoms with Gasteiger partial charge in [0.25, 0.3) is 5.91 Å². The third-order valence-corrected chi connectivity index (χ3v) is 5.98. The van der Waals surface area contributed by atoms with E-state index < -0.39 is 11.7 Å². The normalized spacial score (nSPS) is 19.6. The number of nitrogens with one attached hydrogen (secondary N) is 2. The molecule has 4 rings (SSSR count). The van der Waals surface area contributed by atoms with Crippen LogP contribution in [0.15, 0.2) is 36.8 Å². The first-order chi connectivity index (χ1) is 15.1. The molecule has 0 bridgehead atoms. The summed E-state index contributed by atoms with van der Waals surface area (Å²) in [7, 11) is 0. The maximum absolute atomic E-state index is 12.9. The van der Waals surface area contributed by atoms with Gasteiger partial charge < -0.3 is 24.8 Å². The highest BCUT2D eigenvalue weighted by molar-refractivity contribution is 5.81. The Hall–Kier alpha value is -2.94. The highest BCUT2D eigenvalue weighted by Crippen LogP contribution is 2.40. The van der Waals surface area contributed by atoms with Crippen molar-refractivity contribution in [2.45, 2.75) is 57.4 Å². The number of ether oxygens (including phenoxy) is 1. The summed E-state index contributed by atoms with van der Waals surface area (Å²) >= 11 is 0. The highest BCUT2D eigenvalue weighted by Gasteiger charge is 2.47. The number of carbonyl (C=O) groups is 2. The third kappa shape index (κ3) is 4.71. The van der Waals surface area contributed by atoms with Crippen LogP contribution in [-0.2, 0) is 28.2 Å². The zero-order chi connectivity index (χ0) is 21.7. The second-order valence-electron chi connectivity index (χ2n) is 8.12. The van der Waals surface area contributed by atoms with E-state index in [1.165, 1.54) is 0 Å². The number of piperidine rings is 1. The van der Waals surface area contributed by atoms with Gasteiger partial charge in [0.1, 0.15) is 11.4 Å². The lowest BCUT2D eigenvalue weighted by atomic mass is 9.88. The fourth-order valence-corrected chi connectivity index (χ4v) is 4.22. The van der Waals surface area contributed by atoms with Crippen LogP contribution >= 0.6 is 0 Å². The van der Waals surface area contributed by atoms with E-state index in [1.807, 2.05) is 33.9 Å². The number of fused-ring (bicyclic) bond motifs is 2. The Bertz CT molecular complexity index is 892. The SMILES string of the molecule is CCCCNC(=O)N1CCC2(CC1)OC(C(=O)NCc1ccccn1)Cn1ccnc12. The number of nitrogens with zero attached hydrogens (tertiary/aromatic N) is 4. The molecule has 2 aliphatic rings. The van der Waals surface area contributed by atoms with Crippen molar-refractivity contribution < 1.29 is 14.3 Å². The van der Waals surface area contributed by atoms with Gasteiger partial charge in [-0.3, -0.25) is 9.78 Å². The summed E-state index contributed by atoms with van der Waals surface area (Å²) in [5, 5.41) is 5.91. The van der Waals surface area contributed by atoms with Crippen LogP contribution in [-0.4, -0.2) is 57.1 Å². The van der Waals surface area contributed by atoms with Crippen LogP contribution in [0.25, 0.3) is 0 Å². The van der Waals surface area contributed by atoms with Crippen molar-refractivity contribution in [3.05, 3.63) is 48.3 Å². The number of pyridine rings is 1. The van der Waals surface area contributed by atoms with Crippen LogP contribution in [0.4, 0.5) is 4.79 Å². The lowest BCUT2D eigenvalue weighted by Crippen LogP contribution is -2.55. The minimum absolute atomic E-state index is 0.0351. The maximum atomic E-state index is 12.9. The molecule has 0 aliphatic carbocycles. The largest absolute Gasteiger partial charge is 0.352 e. The Morgan fingerprint density at radius 3 is 2.77 bits per heavy atom. The molecule has 3 amide bonds. The first-order valence-corrected chi connectivity index (χ1v) is 11.0. The predicted octanol–water partition coefficient (Wildman–Crippen LogP) is 1.79. The average molecular weight is 427 g/mol. The molecule has 9 nitrogen and oxygen atoms in total. The van der Waals surface area contributed by atoms with Gasteiger partial charge in [0.2, 0.25) is 0 Å². The number of carbonyl (C=O) groups excluding carboxylic acids is 2. The van der Waals surface area contributed by atoms with Gasteiger partial charge in [-0.1, -0.05) is 19.4 Å². The highest BCUT2D eigenvalue weighted by atomic mass is 16.5.